The number of carbonyl (C=O) groups excluding carboxylic acids is 1. The van der Waals surface area contributed by atoms with Gasteiger partial charge in [0.15, 0.2) is 0 Å². The lowest BCUT2D eigenvalue weighted by Crippen LogP contribution is -2.05. The fourth-order valence-electron chi connectivity index (χ4n) is 1.35. The van der Waals surface area contributed by atoms with Crippen molar-refractivity contribution in [1.29, 1.82) is 0 Å². The maximum Gasteiger partial charge on any atom is 0.136 e. The van der Waals surface area contributed by atoms with Crippen molar-refractivity contribution >= 4 is 11.9 Å². The van der Waals surface area contributed by atoms with Gasteiger partial charge in [-0.25, -0.2) is 0 Å². The molecule has 1 unspecified atom stereocenters. The van der Waals surface area contributed by atoms with E-state index in [0.717, 1.165) is 12.0 Å². The largest absolute Gasteiger partial charge is 0.299 e. The molecule has 74 valence electrons. The number of hydrogen-bond donors (Lipinski definition) is 0. The van der Waals surface area contributed by atoms with Crippen LogP contribution in [0.1, 0.15) is 25.8 Å². The predicted octanol–water partition coefficient (Wildman–Crippen LogP) is 3.32. The molecule has 0 aliphatic rings. The van der Waals surface area contributed by atoms with Crippen LogP contribution in [-0.2, 0) is 4.79 Å². The fraction of sp³-hybridized carbons (Fsp3) is 0.308. The van der Waals surface area contributed by atoms with Crippen molar-refractivity contribution in [2.45, 2.75) is 20.3 Å². The number of allylic oxidation sites excluding steroid dienone is 1. The van der Waals surface area contributed by atoms with E-state index in [-0.39, 0.29) is 11.7 Å². The van der Waals surface area contributed by atoms with Gasteiger partial charge in [-0.15, -0.1) is 0 Å². The van der Waals surface area contributed by atoms with Crippen LogP contribution in [0, 0.1) is 5.92 Å². The summed E-state index contributed by atoms with van der Waals surface area (Å²) < 4.78 is 0. The van der Waals surface area contributed by atoms with Crippen LogP contribution in [0.15, 0.2) is 36.4 Å². The van der Waals surface area contributed by atoms with Gasteiger partial charge in [-0.2, -0.15) is 0 Å². The third-order valence-electron chi connectivity index (χ3n) is 2.28. The summed E-state index contributed by atoms with van der Waals surface area (Å²) in [6, 6.07) is 10.0. The van der Waals surface area contributed by atoms with Gasteiger partial charge in [-0.1, -0.05) is 49.4 Å². The van der Waals surface area contributed by atoms with Gasteiger partial charge in [0.2, 0.25) is 0 Å². The SMILES string of the molecule is CCC(/C=C/c1ccccc1)C(C)=O. The Hall–Kier alpha value is -1.37. The number of benzene rings is 1. The average Bonchev–Trinajstić information content (AvgIpc) is 2.20. The number of hydrogen-bond acceptors (Lipinski definition) is 1. The van der Waals surface area contributed by atoms with Crippen molar-refractivity contribution in [2.24, 2.45) is 5.92 Å². The molecule has 0 bridgehead atoms. The van der Waals surface area contributed by atoms with Crippen LogP contribution in [0.2, 0.25) is 0 Å². The summed E-state index contributed by atoms with van der Waals surface area (Å²) in [5.74, 6) is 0.301. The maximum atomic E-state index is 11.1. The first kappa shape index (κ1) is 10.7. The molecule has 14 heavy (non-hydrogen) atoms. The maximum absolute atomic E-state index is 11.1. The van der Waals surface area contributed by atoms with Crippen LogP contribution in [-0.4, -0.2) is 5.78 Å². The highest BCUT2D eigenvalue weighted by Crippen LogP contribution is 2.09. The summed E-state index contributed by atoms with van der Waals surface area (Å²) in [6.45, 7) is 3.67. The highest BCUT2D eigenvalue weighted by Gasteiger charge is 2.06. The Kier molecular flexibility index (Phi) is 4.11. The minimum Gasteiger partial charge on any atom is -0.299 e. The van der Waals surface area contributed by atoms with Crippen LogP contribution < -0.4 is 0 Å². The molecule has 1 aromatic carbocycles. The standard InChI is InChI=1S/C13H16O/c1-3-13(11(2)14)10-9-12-7-5-4-6-8-12/h4-10,13H,3H2,1-2H3/b10-9+. The molecular formula is C13H16O. The molecule has 0 N–H and O–H groups in total. The lowest BCUT2D eigenvalue weighted by atomic mass is 10.0. The van der Waals surface area contributed by atoms with E-state index in [0.29, 0.717) is 0 Å². The van der Waals surface area contributed by atoms with Crippen LogP contribution in [0.3, 0.4) is 0 Å². The Morgan fingerprint density at radius 1 is 1.36 bits per heavy atom. The molecule has 1 aromatic rings. The van der Waals surface area contributed by atoms with E-state index >= 15 is 0 Å². The zero-order chi connectivity index (χ0) is 10.4. The van der Waals surface area contributed by atoms with E-state index in [1.165, 1.54) is 0 Å². The Labute approximate surface area is 85.5 Å². The van der Waals surface area contributed by atoms with Gasteiger partial charge < -0.3 is 0 Å². The van der Waals surface area contributed by atoms with E-state index in [4.69, 9.17) is 0 Å². The zero-order valence-corrected chi connectivity index (χ0v) is 8.73. The summed E-state index contributed by atoms with van der Waals surface area (Å²) in [6.07, 6.45) is 4.87. The third kappa shape index (κ3) is 3.17. The first-order chi connectivity index (χ1) is 6.74. The van der Waals surface area contributed by atoms with Gasteiger partial charge in [-0.05, 0) is 18.9 Å². The van der Waals surface area contributed by atoms with Crippen molar-refractivity contribution in [2.75, 3.05) is 0 Å². The Balaban J connectivity index is 2.67. The van der Waals surface area contributed by atoms with Gasteiger partial charge in [-0.3, -0.25) is 4.79 Å². The van der Waals surface area contributed by atoms with Crippen molar-refractivity contribution in [3.63, 3.8) is 0 Å². The fourth-order valence-corrected chi connectivity index (χ4v) is 1.35. The molecule has 0 spiro atoms. The minimum absolute atomic E-state index is 0.0650. The molecule has 0 heterocycles. The van der Waals surface area contributed by atoms with Gasteiger partial charge in [0.05, 0.1) is 0 Å². The number of Topliss-reactive ketones (excluding diaryl/α,β-unsaturated/α-hetero) is 1. The van der Waals surface area contributed by atoms with Gasteiger partial charge in [0, 0.05) is 5.92 Å². The predicted molar refractivity (Wildman–Crippen MR) is 59.9 cm³/mol. The summed E-state index contributed by atoms with van der Waals surface area (Å²) in [5, 5.41) is 0. The van der Waals surface area contributed by atoms with E-state index in [9.17, 15) is 4.79 Å². The van der Waals surface area contributed by atoms with E-state index in [2.05, 4.69) is 0 Å². The molecule has 1 rings (SSSR count). The van der Waals surface area contributed by atoms with Crippen LogP contribution >= 0.6 is 0 Å². The lowest BCUT2D eigenvalue weighted by molar-refractivity contribution is -0.119. The van der Waals surface area contributed by atoms with E-state index in [1.54, 1.807) is 6.92 Å². The van der Waals surface area contributed by atoms with Gasteiger partial charge in [0.1, 0.15) is 5.78 Å². The average molecular weight is 188 g/mol. The Bertz CT molecular complexity index is 311. The summed E-state index contributed by atoms with van der Waals surface area (Å²) in [4.78, 5) is 11.1. The summed E-state index contributed by atoms with van der Waals surface area (Å²) in [5.41, 5.74) is 1.15. The van der Waals surface area contributed by atoms with Crippen molar-refractivity contribution in [3.8, 4) is 0 Å². The third-order valence-corrected chi connectivity index (χ3v) is 2.28. The molecule has 0 aliphatic carbocycles. The first-order valence-corrected chi connectivity index (χ1v) is 4.97. The highest BCUT2D eigenvalue weighted by molar-refractivity contribution is 5.81. The zero-order valence-electron chi connectivity index (χ0n) is 8.73. The second-order valence-electron chi connectivity index (χ2n) is 3.40. The molecule has 0 aliphatic heterocycles. The Morgan fingerprint density at radius 2 is 2.00 bits per heavy atom. The number of ketones is 1. The molecule has 0 saturated carbocycles. The Morgan fingerprint density at radius 3 is 2.50 bits per heavy atom. The van der Waals surface area contributed by atoms with Gasteiger partial charge in [0.25, 0.3) is 0 Å². The minimum atomic E-state index is 0.0650. The lowest BCUT2D eigenvalue weighted by Gasteiger charge is -2.03. The smallest absolute Gasteiger partial charge is 0.136 e. The van der Waals surface area contributed by atoms with Crippen molar-refractivity contribution in [3.05, 3.63) is 42.0 Å². The van der Waals surface area contributed by atoms with Crippen LogP contribution in [0.5, 0.6) is 0 Å². The quantitative estimate of drug-likeness (QED) is 0.708. The van der Waals surface area contributed by atoms with Gasteiger partial charge >= 0.3 is 0 Å². The van der Waals surface area contributed by atoms with E-state index < -0.39 is 0 Å². The molecule has 0 amide bonds. The van der Waals surface area contributed by atoms with Crippen LogP contribution in [0.4, 0.5) is 0 Å². The molecule has 0 saturated heterocycles. The number of rotatable bonds is 4. The molecule has 0 aromatic heterocycles. The van der Waals surface area contributed by atoms with Crippen molar-refractivity contribution < 1.29 is 4.79 Å². The highest BCUT2D eigenvalue weighted by atomic mass is 16.1. The second kappa shape index (κ2) is 5.38. The molecule has 1 nitrogen and oxygen atoms in total. The monoisotopic (exact) mass is 188 g/mol. The summed E-state index contributed by atoms with van der Waals surface area (Å²) in [7, 11) is 0. The number of carbonyl (C=O) groups is 1. The normalized spacial score (nSPS) is 13.0. The molecule has 0 radical (unpaired) electrons. The molecule has 0 fully saturated rings. The summed E-state index contributed by atoms with van der Waals surface area (Å²) >= 11 is 0. The molecule has 1 atom stereocenters. The van der Waals surface area contributed by atoms with Crippen molar-refractivity contribution in [1.82, 2.24) is 0 Å². The second-order valence-corrected chi connectivity index (χ2v) is 3.40. The first-order valence-electron chi connectivity index (χ1n) is 4.97. The molecule has 1 heteroatoms. The van der Waals surface area contributed by atoms with E-state index in [1.807, 2.05) is 49.4 Å². The topological polar surface area (TPSA) is 17.1 Å². The molecular weight excluding hydrogens is 172 g/mol. The van der Waals surface area contributed by atoms with Crippen LogP contribution in [0.25, 0.3) is 6.08 Å².